The quantitative estimate of drug-likeness (QED) is 0.808. The summed E-state index contributed by atoms with van der Waals surface area (Å²) in [4.78, 5) is 0. The van der Waals surface area contributed by atoms with Crippen molar-refractivity contribution in [3.05, 3.63) is 22.2 Å². The fourth-order valence-electron chi connectivity index (χ4n) is 1.92. The van der Waals surface area contributed by atoms with Crippen LogP contribution in [0.25, 0.3) is 0 Å². The number of ether oxygens (including phenoxy) is 2. The van der Waals surface area contributed by atoms with E-state index in [2.05, 4.69) is 15.9 Å². The number of aliphatic hydroxyl groups excluding tert-OH is 1. The van der Waals surface area contributed by atoms with E-state index < -0.39 is 12.1 Å². The summed E-state index contributed by atoms with van der Waals surface area (Å²) in [7, 11) is 3.17. The third kappa shape index (κ3) is 4.25. The predicted octanol–water partition coefficient (Wildman–Crippen LogP) is 3.29. The summed E-state index contributed by atoms with van der Waals surface area (Å²) in [6.45, 7) is 4.01. The summed E-state index contributed by atoms with van der Waals surface area (Å²) in [6, 6.07) is 3.10. The average molecular weight is 369 g/mol. The van der Waals surface area contributed by atoms with Gasteiger partial charge in [0.1, 0.15) is 11.5 Å². The van der Waals surface area contributed by atoms with Crippen molar-refractivity contribution in [1.82, 2.24) is 0 Å². The van der Waals surface area contributed by atoms with Gasteiger partial charge in [-0.3, -0.25) is 0 Å². The summed E-state index contributed by atoms with van der Waals surface area (Å²) >= 11 is 3.40. The maximum Gasteiger partial charge on any atom is 0.133 e. The molecular weight excluding hydrogens is 346 g/mol. The largest absolute Gasteiger partial charge is 0.496 e. The topological polar surface area (TPSA) is 64.7 Å². The van der Waals surface area contributed by atoms with Gasteiger partial charge in [0, 0.05) is 5.56 Å². The molecule has 4 nitrogen and oxygen atoms in total. The second-order valence-corrected chi connectivity index (χ2v) is 5.48. The van der Waals surface area contributed by atoms with Gasteiger partial charge >= 0.3 is 0 Å². The van der Waals surface area contributed by atoms with Crippen LogP contribution < -0.4 is 15.2 Å². The normalized spacial score (nSPS) is 14.9. The zero-order chi connectivity index (χ0) is 14.6. The molecular formula is C14H23BrClNO3. The van der Waals surface area contributed by atoms with Crippen LogP contribution >= 0.6 is 28.3 Å². The summed E-state index contributed by atoms with van der Waals surface area (Å²) in [5.41, 5.74) is 6.91. The molecule has 0 amide bonds. The highest BCUT2D eigenvalue weighted by atomic mass is 79.9. The zero-order valence-corrected chi connectivity index (χ0v) is 14.6. The molecule has 0 bridgehead atoms. The number of aliphatic hydroxyl groups is 1. The molecule has 3 N–H and O–H groups in total. The zero-order valence-electron chi connectivity index (χ0n) is 12.2. The lowest BCUT2D eigenvalue weighted by Crippen LogP contribution is -2.31. The first kappa shape index (κ1) is 19.5. The van der Waals surface area contributed by atoms with E-state index in [1.165, 1.54) is 0 Å². The van der Waals surface area contributed by atoms with E-state index >= 15 is 0 Å². The first-order valence-electron chi connectivity index (χ1n) is 6.31. The van der Waals surface area contributed by atoms with Crippen molar-refractivity contribution < 1.29 is 14.6 Å². The average Bonchev–Trinajstić information content (AvgIpc) is 2.44. The number of halogens is 2. The molecule has 1 aromatic carbocycles. The van der Waals surface area contributed by atoms with Gasteiger partial charge in [0.15, 0.2) is 0 Å². The Morgan fingerprint density at radius 2 is 1.80 bits per heavy atom. The molecule has 6 heteroatoms. The molecule has 3 atom stereocenters. The number of rotatable bonds is 6. The molecule has 0 aliphatic rings. The van der Waals surface area contributed by atoms with Crippen molar-refractivity contribution in [3.8, 4) is 11.5 Å². The third-order valence-corrected chi connectivity index (χ3v) is 4.08. The summed E-state index contributed by atoms with van der Waals surface area (Å²) < 4.78 is 11.4. The fraction of sp³-hybridized carbons (Fsp3) is 0.571. The molecule has 0 fully saturated rings. The van der Waals surface area contributed by atoms with Gasteiger partial charge in [-0.15, -0.1) is 12.4 Å². The molecule has 0 saturated carbocycles. The molecule has 1 aromatic rings. The highest BCUT2D eigenvalue weighted by molar-refractivity contribution is 9.10. The van der Waals surface area contributed by atoms with Crippen LogP contribution in [0.5, 0.6) is 11.5 Å². The lowest BCUT2D eigenvalue weighted by atomic mass is 9.91. The minimum Gasteiger partial charge on any atom is -0.496 e. The van der Waals surface area contributed by atoms with Crippen molar-refractivity contribution in [1.29, 1.82) is 0 Å². The number of hydrogen-bond acceptors (Lipinski definition) is 4. The Morgan fingerprint density at radius 1 is 1.25 bits per heavy atom. The summed E-state index contributed by atoms with van der Waals surface area (Å²) in [5.74, 6) is 1.43. The highest BCUT2D eigenvalue weighted by Crippen LogP contribution is 2.37. The van der Waals surface area contributed by atoms with Gasteiger partial charge in [-0.1, -0.05) is 20.3 Å². The second-order valence-electron chi connectivity index (χ2n) is 4.63. The van der Waals surface area contributed by atoms with Gasteiger partial charge in [0.25, 0.3) is 0 Å². The van der Waals surface area contributed by atoms with Crippen LogP contribution in [-0.2, 0) is 0 Å². The second kappa shape index (κ2) is 8.72. The number of nitrogens with two attached hydrogens (primary N) is 1. The van der Waals surface area contributed by atoms with Crippen LogP contribution in [-0.4, -0.2) is 25.4 Å². The minimum atomic E-state index is -0.621. The Kier molecular flexibility index (Phi) is 8.51. The minimum absolute atomic E-state index is 0. The van der Waals surface area contributed by atoms with Crippen molar-refractivity contribution >= 4 is 28.3 Å². The molecule has 0 spiro atoms. The monoisotopic (exact) mass is 367 g/mol. The molecule has 0 saturated heterocycles. The number of methoxy groups -OCH3 is 2. The Labute approximate surface area is 135 Å². The van der Waals surface area contributed by atoms with Gasteiger partial charge < -0.3 is 20.3 Å². The van der Waals surface area contributed by atoms with Gasteiger partial charge in [-0.25, -0.2) is 0 Å². The molecule has 20 heavy (non-hydrogen) atoms. The van der Waals surface area contributed by atoms with E-state index in [1.807, 2.05) is 13.8 Å². The maximum atomic E-state index is 10.3. The van der Waals surface area contributed by atoms with E-state index in [0.717, 1.165) is 16.5 Å². The molecule has 0 radical (unpaired) electrons. The van der Waals surface area contributed by atoms with Gasteiger partial charge in [-0.2, -0.15) is 0 Å². The van der Waals surface area contributed by atoms with E-state index in [9.17, 15) is 5.11 Å². The van der Waals surface area contributed by atoms with Crippen LogP contribution in [0.2, 0.25) is 0 Å². The molecule has 1 unspecified atom stereocenters. The van der Waals surface area contributed by atoms with Crippen molar-refractivity contribution in [2.75, 3.05) is 14.2 Å². The van der Waals surface area contributed by atoms with Gasteiger partial charge in [0.2, 0.25) is 0 Å². The Morgan fingerprint density at radius 3 is 2.25 bits per heavy atom. The van der Waals surface area contributed by atoms with Crippen molar-refractivity contribution in [3.63, 3.8) is 0 Å². The van der Waals surface area contributed by atoms with Crippen LogP contribution in [0.1, 0.15) is 31.9 Å². The number of hydrogen-bond donors (Lipinski definition) is 2. The predicted molar refractivity (Wildman–Crippen MR) is 86.9 cm³/mol. The lowest BCUT2D eigenvalue weighted by molar-refractivity contribution is 0.0870. The van der Waals surface area contributed by atoms with Crippen molar-refractivity contribution in [2.45, 2.75) is 32.4 Å². The van der Waals surface area contributed by atoms with E-state index in [1.54, 1.807) is 26.4 Å². The molecule has 116 valence electrons. The first-order valence-corrected chi connectivity index (χ1v) is 7.10. The van der Waals surface area contributed by atoms with Crippen LogP contribution in [0, 0.1) is 5.92 Å². The first-order chi connectivity index (χ1) is 8.96. The fourth-order valence-corrected chi connectivity index (χ4v) is 2.41. The standard InChI is InChI=1S/C14H22BrNO3.ClH/c1-5-8(2)14(17)13(16)9-6-12(19-4)10(15)7-11(9)18-3;/h6-8,13-14,17H,5,16H2,1-4H3;1H/t8?,13-,14+;/m1./s1. The van der Waals surface area contributed by atoms with Crippen LogP contribution in [0.15, 0.2) is 16.6 Å². The maximum absolute atomic E-state index is 10.3. The van der Waals surface area contributed by atoms with E-state index in [-0.39, 0.29) is 18.3 Å². The van der Waals surface area contributed by atoms with Crippen LogP contribution in [0.4, 0.5) is 0 Å². The van der Waals surface area contributed by atoms with Crippen LogP contribution in [0.3, 0.4) is 0 Å². The van der Waals surface area contributed by atoms with Gasteiger partial charge in [0.05, 0.1) is 30.8 Å². The molecule has 0 aromatic heterocycles. The number of benzene rings is 1. The van der Waals surface area contributed by atoms with Gasteiger partial charge in [-0.05, 0) is 34.0 Å². The highest BCUT2D eigenvalue weighted by Gasteiger charge is 2.25. The SMILES string of the molecule is CCC(C)[C@H](O)[C@H](N)c1cc(OC)c(Br)cc1OC.Cl. The van der Waals surface area contributed by atoms with Crippen molar-refractivity contribution in [2.24, 2.45) is 11.7 Å². The lowest BCUT2D eigenvalue weighted by Gasteiger charge is -2.26. The third-order valence-electron chi connectivity index (χ3n) is 3.46. The summed E-state index contributed by atoms with van der Waals surface area (Å²) in [5, 5.41) is 10.3. The Balaban J connectivity index is 0.00000361. The Bertz CT molecular complexity index is 431. The Hall–Kier alpha value is -0.490. The smallest absolute Gasteiger partial charge is 0.133 e. The molecule has 0 heterocycles. The molecule has 0 aliphatic carbocycles. The molecule has 0 aliphatic heterocycles. The van der Waals surface area contributed by atoms with E-state index in [0.29, 0.717) is 11.5 Å². The van der Waals surface area contributed by atoms with E-state index in [4.69, 9.17) is 15.2 Å². The molecule has 1 rings (SSSR count). The summed E-state index contributed by atoms with van der Waals surface area (Å²) in [6.07, 6.45) is 0.245.